The van der Waals surface area contributed by atoms with Crippen molar-refractivity contribution >= 4 is 22.1 Å². The second-order valence-electron chi connectivity index (χ2n) is 4.47. The van der Waals surface area contributed by atoms with Crippen LogP contribution in [0.5, 0.6) is 0 Å². The van der Waals surface area contributed by atoms with Gasteiger partial charge < -0.3 is 0 Å². The Kier molecular flexibility index (Phi) is 1.92. The number of rotatable bonds is 0. The first-order valence-electron chi connectivity index (χ1n) is 4.54. The highest BCUT2D eigenvalue weighted by atomic mass is 32.1. The largest absolute Gasteiger partial charge is 0.151 e. The van der Waals surface area contributed by atoms with Gasteiger partial charge in [-0.25, -0.2) is 0 Å². The Morgan fingerprint density at radius 3 is 2.38 bits per heavy atom. The maximum atomic E-state index is 2.30. The lowest BCUT2D eigenvalue weighted by Gasteiger charge is -2.18. The zero-order valence-electron chi connectivity index (χ0n) is 8.29. The summed E-state index contributed by atoms with van der Waals surface area (Å²) < 4.78 is 0. The SMILES string of the molecule is CC(C)(C)c1ccc2cscc2c1. The zero-order valence-corrected chi connectivity index (χ0v) is 9.11. The number of benzene rings is 1. The van der Waals surface area contributed by atoms with Crippen LogP contribution in [0.1, 0.15) is 26.3 Å². The minimum Gasteiger partial charge on any atom is -0.151 e. The molecule has 2 rings (SSSR count). The maximum Gasteiger partial charge on any atom is -0.00144 e. The van der Waals surface area contributed by atoms with Crippen LogP contribution in [0, 0.1) is 0 Å². The molecule has 0 fully saturated rings. The topological polar surface area (TPSA) is 0 Å². The van der Waals surface area contributed by atoms with Gasteiger partial charge in [-0.1, -0.05) is 32.9 Å². The number of hydrogen-bond donors (Lipinski definition) is 0. The highest BCUT2D eigenvalue weighted by Crippen LogP contribution is 2.27. The molecule has 0 N–H and O–H groups in total. The van der Waals surface area contributed by atoms with Crippen LogP contribution >= 0.6 is 11.3 Å². The molecular formula is C12H14S. The van der Waals surface area contributed by atoms with E-state index in [0.29, 0.717) is 0 Å². The quantitative estimate of drug-likeness (QED) is 0.584. The Morgan fingerprint density at radius 1 is 1.00 bits per heavy atom. The minimum atomic E-state index is 0.260. The van der Waals surface area contributed by atoms with Crippen LogP contribution in [0.4, 0.5) is 0 Å². The van der Waals surface area contributed by atoms with E-state index in [1.54, 1.807) is 11.3 Å². The van der Waals surface area contributed by atoms with Gasteiger partial charge in [0, 0.05) is 0 Å². The molecule has 13 heavy (non-hydrogen) atoms. The molecule has 2 aromatic rings. The van der Waals surface area contributed by atoms with Gasteiger partial charge in [-0.15, -0.1) is 0 Å². The third-order valence-corrected chi connectivity index (χ3v) is 3.12. The molecule has 0 amide bonds. The molecule has 0 aliphatic heterocycles. The maximum absolute atomic E-state index is 2.30. The Labute approximate surface area is 83.2 Å². The molecule has 0 atom stereocenters. The normalized spacial score (nSPS) is 12.2. The molecule has 1 aromatic heterocycles. The summed E-state index contributed by atoms with van der Waals surface area (Å²) in [5.41, 5.74) is 1.68. The number of hydrogen-bond acceptors (Lipinski definition) is 1. The molecule has 1 aromatic carbocycles. The summed E-state index contributed by atoms with van der Waals surface area (Å²) in [6.45, 7) is 6.75. The van der Waals surface area contributed by atoms with Gasteiger partial charge in [0.05, 0.1) is 0 Å². The van der Waals surface area contributed by atoms with Crippen LogP contribution in [-0.4, -0.2) is 0 Å². The van der Waals surface area contributed by atoms with Crippen molar-refractivity contribution in [1.29, 1.82) is 0 Å². The van der Waals surface area contributed by atoms with Gasteiger partial charge in [-0.05, 0) is 38.6 Å². The lowest BCUT2D eigenvalue weighted by molar-refractivity contribution is 0.591. The zero-order chi connectivity index (χ0) is 9.47. The van der Waals surface area contributed by atoms with Gasteiger partial charge in [-0.2, -0.15) is 11.3 Å². The van der Waals surface area contributed by atoms with Crippen molar-refractivity contribution in [1.82, 2.24) is 0 Å². The Morgan fingerprint density at radius 2 is 1.69 bits per heavy atom. The van der Waals surface area contributed by atoms with Gasteiger partial charge in [0.2, 0.25) is 0 Å². The summed E-state index contributed by atoms with van der Waals surface area (Å²) in [5, 5.41) is 7.14. The van der Waals surface area contributed by atoms with Crippen LogP contribution in [0.25, 0.3) is 10.8 Å². The summed E-state index contributed by atoms with van der Waals surface area (Å²) in [6.07, 6.45) is 0. The highest BCUT2D eigenvalue weighted by Gasteiger charge is 2.13. The fourth-order valence-corrected chi connectivity index (χ4v) is 2.21. The van der Waals surface area contributed by atoms with Crippen molar-refractivity contribution in [2.24, 2.45) is 0 Å². The average Bonchev–Trinajstić information content (AvgIpc) is 2.47. The minimum absolute atomic E-state index is 0.260. The molecule has 0 unspecified atom stereocenters. The van der Waals surface area contributed by atoms with Gasteiger partial charge in [-0.3, -0.25) is 0 Å². The Hall–Kier alpha value is -0.820. The first kappa shape index (κ1) is 8.76. The molecule has 0 bridgehead atoms. The second kappa shape index (κ2) is 2.85. The van der Waals surface area contributed by atoms with E-state index in [1.165, 1.54) is 16.3 Å². The molecule has 0 radical (unpaired) electrons. The molecule has 0 nitrogen and oxygen atoms in total. The molecule has 0 aliphatic rings. The summed E-state index contributed by atoms with van der Waals surface area (Å²) >= 11 is 1.77. The molecule has 68 valence electrons. The van der Waals surface area contributed by atoms with Crippen LogP contribution < -0.4 is 0 Å². The van der Waals surface area contributed by atoms with Crippen molar-refractivity contribution in [3.63, 3.8) is 0 Å². The molecule has 0 saturated heterocycles. The number of thiophene rings is 1. The Balaban J connectivity index is 2.61. The third kappa shape index (κ3) is 1.61. The predicted octanol–water partition coefficient (Wildman–Crippen LogP) is 4.20. The molecule has 0 saturated carbocycles. The van der Waals surface area contributed by atoms with Crippen molar-refractivity contribution < 1.29 is 0 Å². The second-order valence-corrected chi connectivity index (χ2v) is 5.21. The van der Waals surface area contributed by atoms with Crippen molar-refractivity contribution in [3.05, 3.63) is 34.5 Å². The van der Waals surface area contributed by atoms with E-state index in [4.69, 9.17) is 0 Å². The molecule has 0 aliphatic carbocycles. The van der Waals surface area contributed by atoms with E-state index in [1.807, 2.05) is 0 Å². The van der Waals surface area contributed by atoms with Crippen LogP contribution in [-0.2, 0) is 5.41 Å². The van der Waals surface area contributed by atoms with Crippen molar-refractivity contribution in [3.8, 4) is 0 Å². The van der Waals surface area contributed by atoms with Gasteiger partial charge in [0.25, 0.3) is 0 Å². The smallest absolute Gasteiger partial charge is 0.00144 e. The molecule has 1 heterocycles. The van der Waals surface area contributed by atoms with Gasteiger partial charge in [0.15, 0.2) is 0 Å². The lowest BCUT2D eigenvalue weighted by Crippen LogP contribution is -2.10. The average molecular weight is 190 g/mol. The third-order valence-electron chi connectivity index (χ3n) is 2.34. The predicted molar refractivity (Wildman–Crippen MR) is 60.5 cm³/mol. The monoisotopic (exact) mass is 190 g/mol. The van der Waals surface area contributed by atoms with Crippen LogP contribution in [0.15, 0.2) is 29.0 Å². The summed E-state index contributed by atoms with van der Waals surface area (Å²) in [7, 11) is 0. The molecule has 1 heteroatoms. The summed E-state index contributed by atoms with van der Waals surface area (Å²) in [4.78, 5) is 0. The lowest BCUT2D eigenvalue weighted by atomic mass is 9.86. The first-order chi connectivity index (χ1) is 6.07. The van der Waals surface area contributed by atoms with E-state index in [-0.39, 0.29) is 5.41 Å². The fraction of sp³-hybridized carbons (Fsp3) is 0.333. The van der Waals surface area contributed by atoms with E-state index >= 15 is 0 Å². The van der Waals surface area contributed by atoms with E-state index in [2.05, 4.69) is 49.7 Å². The van der Waals surface area contributed by atoms with Crippen molar-refractivity contribution in [2.45, 2.75) is 26.2 Å². The van der Waals surface area contributed by atoms with Crippen LogP contribution in [0.3, 0.4) is 0 Å². The van der Waals surface area contributed by atoms with Gasteiger partial charge >= 0.3 is 0 Å². The summed E-state index contributed by atoms with van der Waals surface area (Å²) in [5.74, 6) is 0. The van der Waals surface area contributed by atoms with Gasteiger partial charge in [0.1, 0.15) is 0 Å². The number of fused-ring (bicyclic) bond motifs is 1. The highest BCUT2D eigenvalue weighted by molar-refractivity contribution is 7.09. The standard InChI is InChI=1S/C12H14S/c1-12(2,3)11-5-4-9-7-13-8-10(9)6-11/h4-8H,1-3H3. The fourth-order valence-electron chi connectivity index (χ4n) is 1.43. The first-order valence-corrected chi connectivity index (χ1v) is 5.48. The molecular weight excluding hydrogens is 176 g/mol. The van der Waals surface area contributed by atoms with E-state index in [0.717, 1.165) is 0 Å². The van der Waals surface area contributed by atoms with E-state index < -0.39 is 0 Å². The molecule has 0 spiro atoms. The van der Waals surface area contributed by atoms with E-state index in [9.17, 15) is 0 Å². The summed E-state index contributed by atoms with van der Waals surface area (Å²) in [6, 6.07) is 6.74. The Bertz CT molecular complexity index is 418. The van der Waals surface area contributed by atoms with Crippen molar-refractivity contribution in [2.75, 3.05) is 0 Å². The van der Waals surface area contributed by atoms with Crippen LogP contribution in [0.2, 0.25) is 0 Å².